The summed E-state index contributed by atoms with van der Waals surface area (Å²) in [6.07, 6.45) is 0.571. The quantitative estimate of drug-likeness (QED) is 0.314. The van der Waals surface area contributed by atoms with Crippen LogP contribution in [0, 0.1) is 0 Å². The third-order valence-corrected chi connectivity index (χ3v) is 5.93. The monoisotopic (exact) mass is 519 g/mol. The van der Waals surface area contributed by atoms with Crippen LogP contribution >= 0.6 is 0 Å². The van der Waals surface area contributed by atoms with Crippen molar-refractivity contribution in [3.05, 3.63) is 76.5 Å². The molecule has 1 aromatic heterocycles. The number of para-hydroxylation sites is 1. The fraction of sp³-hybridized carbons (Fsp3) is 0.241. The van der Waals surface area contributed by atoms with Crippen LogP contribution in [-0.2, 0) is 11.2 Å². The minimum atomic E-state index is -0.380. The van der Waals surface area contributed by atoms with Gasteiger partial charge in [-0.15, -0.1) is 0 Å². The molecule has 0 aliphatic heterocycles. The summed E-state index contributed by atoms with van der Waals surface area (Å²) < 4.78 is 33.1. The molecule has 9 nitrogen and oxygen atoms in total. The normalized spacial score (nSPS) is 10.6. The number of amides is 1. The Morgan fingerprint density at radius 1 is 0.816 bits per heavy atom. The minimum absolute atomic E-state index is 0.0639. The average Bonchev–Trinajstić information content (AvgIpc) is 2.96. The van der Waals surface area contributed by atoms with Crippen LogP contribution in [0.15, 0.2) is 69.9 Å². The first-order chi connectivity index (χ1) is 18.5. The van der Waals surface area contributed by atoms with Crippen molar-refractivity contribution in [1.29, 1.82) is 0 Å². The lowest BCUT2D eigenvalue weighted by atomic mass is 10.1. The van der Waals surface area contributed by atoms with Gasteiger partial charge in [0.05, 0.1) is 33.8 Å². The predicted molar refractivity (Wildman–Crippen MR) is 143 cm³/mol. The van der Waals surface area contributed by atoms with Crippen LogP contribution in [0.25, 0.3) is 22.3 Å². The molecule has 1 heterocycles. The van der Waals surface area contributed by atoms with Crippen molar-refractivity contribution >= 4 is 16.9 Å². The van der Waals surface area contributed by atoms with Gasteiger partial charge >= 0.3 is 0 Å². The summed E-state index contributed by atoms with van der Waals surface area (Å²) >= 11 is 0. The van der Waals surface area contributed by atoms with E-state index >= 15 is 0 Å². The van der Waals surface area contributed by atoms with Gasteiger partial charge in [0.2, 0.25) is 11.2 Å². The van der Waals surface area contributed by atoms with Gasteiger partial charge in [0.15, 0.2) is 35.4 Å². The lowest BCUT2D eigenvalue weighted by molar-refractivity contribution is -0.123. The Labute approximate surface area is 219 Å². The van der Waals surface area contributed by atoms with Gasteiger partial charge in [0.25, 0.3) is 5.91 Å². The van der Waals surface area contributed by atoms with Gasteiger partial charge in [-0.1, -0.05) is 18.2 Å². The highest BCUT2D eigenvalue weighted by atomic mass is 16.5. The average molecular weight is 520 g/mol. The number of hydrogen-bond acceptors (Lipinski definition) is 8. The molecule has 0 fully saturated rings. The maximum Gasteiger partial charge on any atom is 0.257 e. The first-order valence-electron chi connectivity index (χ1n) is 11.9. The van der Waals surface area contributed by atoms with Gasteiger partial charge in [0, 0.05) is 12.1 Å². The summed E-state index contributed by atoms with van der Waals surface area (Å²) in [6, 6.07) is 17.5. The number of ether oxygens (including phenoxy) is 5. The zero-order chi connectivity index (χ0) is 27.1. The molecular weight excluding hydrogens is 490 g/mol. The number of carbonyl (C=O) groups excluding carboxylic acids is 1. The van der Waals surface area contributed by atoms with Crippen molar-refractivity contribution in [3.63, 3.8) is 0 Å². The van der Waals surface area contributed by atoms with Gasteiger partial charge in [-0.3, -0.25) is 9.59 Å². The van der Waals surface area contributed by atoms with E-state index in [4.69, 9.17) is 28.1 Å². The maximum atomic E-state index is 13.3. The van der Waals surface area contributed by atoms with Crippen molar-refractivity contribution in [3.8, 4) is 40.1 Å². The smallest absolute Gasteiger partial charge is 0.257 e. The number of methoxy groups -OCH3 is 4. The van der Waals surface area contributed by atoms with E-state index in [1.807, 2.05) is 18.2 Å². The van der Waals surface area contributed by atoms with Gasteiger partial charge in [-0.2, -0.15) is 0 Å². The molecular formula is C29H29NO8. The number of carbonyl (C=O) groups is 1. The van der Waals surface area contributed by atoms with E-state index in [0.717, 1.165) is 5.56 Å². The standard InChI is InChI=1S/C29H29NO8/c1-33-22-11-9-18(15-24(22)35-3)13-14-30-26(31)17-37-29-27(32)20-7-5-6-8-21(20)38-28(29)19-10-12-23(34-2)25(16-19)36-4/h5-12,15-16H,13-14,17H2,1-4H3,(H,30,31). The predicted octanol–water partition coefficient (Wildman–Crippen LogP) is 4.23. The maximum absolute atomic E-state index is 13.3. The fourth-order valence-corrected chi connectivity index (χ4v) is 3.99. The number of fused-ring (bicyclic) bond motifs is 1. The zero-order valence-electron chi connectivity index (χ0n) is 21.7. The first kappa shape index (κ1) is 26.4. The van der Waals surface area contributed by atoms with Crippen LogP contribution in [0.5, 0.6) is 28.7 Å². The van der Waals surface area contributed by atoms with Crippen molar-refractivity contribution in [2.45, 2.75) is 6.42 Å². The third kappa shape index (κ3) is 5.67. The molecule has 9 heteroatoms. The summed E-state index contributed by atoms with van der Waals surface area (Å²) in [7, 11) is 6.19. The van der Waals surface area contributed by atoms with Crippen LogP contribution in [0.4, 0.5) is 0 Å². The molecule has 0 bridgehead atoms. The molecule has 4 rings (SSSR count). The van der Waals surface area contributed by atoms with E-state index in [1.54, 1.807) is 56.7 Å². The molecule has 1 N–H and O–H groups in total. The molecule has 0 aliphatic carbocycles. The second-order valence-electron chi connectivity index (χ2n) is 8.23. The van der Waals surface area contributed by atoms with Crippen LogP contribution in [0.1, 0.15) is 5.56 Å². The summed E-state index contributed by atoms with van der Waals surface area (Å²) in [6.45, 7) is 0.00185. The first-order valence-corrected chi connectivity index (χ1v) is 11.9. The zero-order valence-corrected chi connectivity index (χ0v) is 21.7. The number of nitrogens with one attached hydrogen (secondary N) is 1. The number of benzene rings is 3. The Morgan fingerprint density at radius 3 is 2.18 bits per heavy atom. The van der Waals surface area contributed by atoms with E-state index in [1.165, 1.54) is 14.2 Å². The second kappa shape index (κ2) is 12.1. The molecule has 0 saturated heterocycles. The number of hydrogen-bond donors (Lipinski definition) is 1. The third-order valence-electron chi connectivity index (χ3n) is 5.93. The molecule has 0 spiro atoms. The van der Waals surface area contributed by atoms with Gasteiger partial charge in [-0.05, 0) is 54.4 Å². The van der Waals surface area contributed by atoms with Crippen LogP contribution in [0.2, 0.25) is 0 Å². The van der Waals surface area contributed by atoms with E-state index < -0.39 is 0 Å². The molecule has 4 aromatic rings. The highest BCUT2D eigenvalue weighted by Gasteiger charge is 2.20. The van der Waals surface area contributed by atoms with Crippen molar-refractivity contribution in [2.24, 2.45) is 0 Å². The Morgan fingerprint density at radius 2 is 1.47 bits per heavy atom. The van der Waals surface area contributed by atoms with Crippen molar-refractivity contribution < 1.29 is 32.9 Å². The van der Waals surface area contributed by atoms with E-state index in [0.29, 0.717) is 52.5 Å². The van der Waals surface area contributed by atoms with E-state index in [-0.39, 0.29) is 29.5 Å². The molecule has 198 valence electrons. The summed E-state index contributed by atoms with van der Waals surface area (Å²) in [5, 5.41) is 3.16. The van der Waals surface area contributed by atoms with Crippen LogP contribution in [0.3, 0.4) is 0 Å². The van der Waals surface area contributed by atoms with Crippen LogP contribution < -0.4 is 34.4 Å². The van der Waals surface area contributed by atoms with Crippen molar-refractivity contribution in [1.82, 2.24) is 5.32 Å². The second-order valence-corrected chi connectivity index (χ2v) is 8.23. The lowest BCUT2D eigenvalue weighted by Gasteiger charge is -2.14. The lowest BCUT2D eigenvalue weighted by Crippen LogP contribution is -2.31. The summed E-state index contributed by atoms with van der Waals surface area (Å²) in [5.41, 5.74) is 1.52. The topological polar surface area (TPSA) is 105 Å². The molecule has 3 aromatic carbocycles. The highest BCUT2D eigenvalue weighted by Crippen LogP contribution is 2.36. The number of rotatable bonds is 11. The van der Waals surface area contributed by atoms with Gasteiger partial charge < -0.3 is 33.4 Å². The van der Waals surface area contributed by atoms with Gasteiger partial charge in [-0.25, -0.2) is 0 Å². The molecule has 0 aliphatic rings. The van der Waals surface area contributed by atoms with E-state index in [9.17, 15) is 9.59 Å². The molecule has 38 heavy (non-hydrogen) atoms. The molecule has 1 amide bonds. The molecule has 0 unspecified atom stereocenters. The Hall–Kier alpha value is -4.66. The summed E-state index contributed by atoms with van der Waals surface area (Å²) in [5.74, 6) is 1.98. The van der Waals surface area contributed by atoms with Gasteiger partial charge in [0.1, 0.15) is 5.58 Å². The van der Waals surface area contributed by atoms with Crippen LogP contribution in [-0.4, -0.2) is 47.5 Å². The van der Waals surface area contributed by atoms with Crippen molar-refractivity contribution in [2.75, 3.05) is 41.6 Å². The Balaban J connectivity index is 1.52. The largest absolute Gasteiger partial charge is 0.493 e. The Bertz CT molecular complexity index is 1490. The highest BCUT2D eigenvalue weighted by molar-refractivity contribution is 5.83. The summed E-state index contributed by atoms with van der Waals surface area (Å²) in [4.78, 5) is 25.9. The molecule has 0 atom stereocenters. The Kier molecular flexibility index (Phi) is 8.37. The SMILES string of the molecule is COc1ccc(CCNC(=O)COc2c(-c3ccc(OC)c(OC)c3)oc3ccccc3c2=O)cc1OC. The molecule has 0 saturated carbocycles. The van der Waals surface area contributed by atoms with E-state index in [2.05, 4.69) is 5.32 Å². The fourth-order valence-electron chi connectivity index (χ4n) is 3.99. The minimum Gasteiger partial charge on any atom is -0.493 e. The molecule has 0 radical (unpaired) electrons.